The van der Waals surface area contributed by atoms with Crippen LogP contribution in [0.4, 0.5) is 0 Å². The van der Waals surface area contributed by atoms with Gasteiger partial charge in [0.05, 0.1) is 18.6 Å². The maximum atomic E-state index is 9.02. The highest BCUT2D eigenvalue weighted by Crippen LogP contribution is 2.31. The molecule has 0 saturated heterocycles. The van der Waals surface area contributed by atoms with Crippen molar-refractivity contribution >= 4 is 0 Å². The first-order chi connectivity index (χ1) is 5.23. The molecule has 2 nitrogen and oxygen atoms in total. The summed E-state index contributed by atoms with van der Waals surface area (Å²) in [7, 11) is 0. The molecule has 0 aromatic carbocycles. The van der Waals surface area contributed by atoms with E-state index in [0.29, 0.717) is 0 Å². The molecule has 0 aliphatic heterocycles. The highest BCUT2D eigenvalue weighted by atomic mass is 16.3. The lowest BCUT2D eigenvalue weighted by atomic mass is 9.76. The predicted molar refractivity (Wildman–Crippen MR) is 42.6 cm³/mol. The topological polar surface area (TPSA) is 44.0 Å². The van der Waals surface area contributed by atoms with Crippen LogP contribution in [0.3, 0.4) is 0 Å². The van der Waals surface area contributed by atoms with Crippen LogP contribution in [0.2, 0.25) is 0 Å². The summed E-state index contributed by atoms with van der Waals surface area (Å²) in [6, 6.07) is 2.15. The summed E-state index contributed by atoms with van der Waals surface area (Å²) < 4.78 is 0. The molecule has 11 heavy (non-hydrogen) atoms. The third kappa shape index (κ3) is 1.33. The molecule has 0 aromatic rings. The zero-order valence-corrected chi connectivity index (χ0v) is 6.49. The number of nitrogens with zero attached hydrogens (tertiary/aromatic N) is 1. The Morgan fingerprint density at radius 3 is 2.82 bits per heavy atom. The minimum Gasteiger partial charge on any atom is -0.395 e. The third-order valence-electron chi connectivity index (χ3n) is 2.08. The van der Waals surface area contributed by atoms with Gasteiger partial charge in [0.1, 0.15) is 0 Å². The summed E-state index contributed by atoms with van der Waals surface area (Å²) in [6.45, 7) is 1.90. The predicted octanol–water partition coefficient (Wildman–Crippen LogP) is 1.25. The number of allylic oxidation sites excluding steroid dienone is 3. The Kier molecular flexibility index (Phi) is 2.11. The Hall–Kier alpha value is -1.07. The normalized spacial score (nSPS) is 35.2. The quantitative estimate of drug-likeness (QED) is 0.609. The molecule has 0 heterocycles. The van der Waals surface area contributed by atoms with Crippen molar-refractivity contribution in [1.29, 1.82) is 5.26 Å². The molecule has 1 aliphatic rings. The van der Waals surface area contributed by atoms with Crippen LogP contribution in [0.1, 0.15) is 6.92 Å². The Morgan fingerprint density at radius 2 is 2.36 bits per heavy atom. The van der Waals surface area contributed by atoms with Gasteiger partial charge in [0, 0.05) is 5.41 Å². The van der Waals surface area contributed by atoms with Crippen LogP contribution in [0.5, 0.6) is 0 Å². The highest BCUT2D eigenvalue weighted by molar-refractivity contribution is 5.23. The van der Waals surface area contributed by atoms with Crippen molar-refractivity contribution < 1.29 is 5.11 Å². The van der Waals surface area contributed by atoms with E-state index >= 15 is 0 Å². The van der Waals surface area contributed by atoms with E-state index < -0.39 is 0 Å². The molecule has 2 heteroatoms. The summed E-state index contributed by atoms with van der Waals surface area (Å²) in [5.41, 5.74) is -0.385. The second-order valence-corrected chi connectivity index (χ2v) is 3.01. The molecule has 0 fully saturated rings. The van der Waals surface area contributed by atoms with Crippen molar-refractivity contribution in [3.63, 3.8) is 0 Å². The standard InChI is InChI=1S/C9H11NO/c1-9(7-11)5-3-2-4-8(9)6-10/h2-5,8,11H,7H2,1H3. The van der Waals surface area contributed by atoms with E-state index in [0.717, 1.165) is 0 Å². The van der Waals surface area contributed by atoms with Crippen molar-refractivity contribution in [1.82, 2.24) is 0 Å². The van der Waals surface area contributed by atoms with Gasteiger partial charge in [0.2, 0.25) is 0 Å². The van der Waals surface area contributed by atoms with Crippen LogP contribution in [0, 0.1) is 22.7 Å². The Morgan fingerprint density at radius 1 is 1.64 bits per heavy atom. The van der Waals surface area contributed by atoms with E-state index in [1.807, 2.05) is 31.2 Å². The Bertz CT molecular complexity index is 236. The van der Waals surface area contributed by atoms with Crippen LogP contribution in [-0.2, 0) is 0 Å². The molecule has 0 spiro atoms. The number of nitriles is 1. The summed E-state index contributed by atoms with van der Waals surface area (Å²) in [5.74, 6) is -0.197. The van der Waals surface area contributed by atoms with Gasteiger partial charge in [-0.3, -0.25) is 0 Å². The van der Waals surface area contributed by atoms with Crippen LogP contribution < -0.4 is 0 Å². The molecule has 2 atom stereocenters. The van der Waals surface area contributed by atoms with Gasteiger partial charge in [0.25, 0.3) is 0 Å². The summed E-state index contributed by atoms with van der Waals surface area (Å²) in [6.07, 6.45) is 7.40. The lowest BCUT2D eigenvalue weighted by Gasteiger charge is -2.28. The first-order valence-electron chi connectivity index (χ1n) is 3.59. The van der Waals surface area contributed by atoms with Gasteiger partial charge in [-0.1, -0.05) is 31.2 Å². The van der Waals surface area contributed by atoms with Crippen LogP contribution in [0.25, 0.3) is 0 Å². The molecule has 58 valence electrons. The van der Waals surface area contributed by atoms with Gasteiger partial charge >= 0.3 is 0 Å². The monoisotopic (exact) mass is 149 g/mol. The van der Waals surface area contributed by atoms with Crippen LogP contribution in [-0.4, -0.2) is 11.7 Å². The molecule has 0 saturated carbocycles. The lowest BCUT2D eigenvalue weighted by molar-refractivity contribution is 0.163. The zero-order chi connectivity index (χ0) is 8.32. The maximum Gasteiger partial charge on any atom is 0.0756 e. The summed E-state index contributed by atoms with van der Waals surface area (Å²) in [5, 5.41) is 17.7. The molecular formula is C9H11NO. The molecule has 0 amide bonds. The zero-order valence-electron chi connectivity index (χ0n) is 6.49. The van der Waals surface area contributed by atoms with E-state index in [9.17, 15) is 0 Å². The fourth-order valence-electron chi connectivity index (χ4n) is 1.12. The number of aliphatic hydroxyl groups excluding tert-OH is 1. The number of rotatable bonds is 1. The van der Waals surface area contributed by atoms with Gasteiger partial charge in [-0.05, 0) is 0 Å². The van der Waals surface area contributed by atoms with Gasteiger partial charge in [-0.25, -0.2) is 0 Å². The third-order valence-corrected chi connectivity index (χ3v) is 2.08. The second-order valence-electron chi connectivity index (χ2n) is 3.01. The second kappa shape index (κ2) is 2.89. The van der Waals surface area contributed by atoms with Crippen molar-refractivity contribution in [2.24, 2.45) is 11.3 Å². The smallest absolute Gasteiger partial charge is 0.0756 e. The lowest BCUT2D eigenvalue weighted by Crippen LogP contribution is -2.28. The fraction of sp³-hybridized carbons (Fsp3) is 0.444. The average Bonchev–Trinajstić information content (AvgIpc) is 2.05. The number of aliphatic hydroxyl groups is 1. The first-order valence-corrected chi connectivity index (χ1v) is 3.59. The van der Waals surface area contributed by atoms with Crippen LogP contribution in [0.15, 0.2) is 24.3 Å². The molecule has 0 radical (unpaired) electrons. The molecule has 0 bridgehead atoms. The van der Waals surface area contributed by atoms with Crippen molar-refractivity contribution in [3.05, 3.63) is 24.3 Å². The van der Waals surface area contributed by atoms with E-state index in [1.54, 1.807) is 0 Å². The fourth-order valence-corrected chi connectivity index (χ4v) is 1.12. The molecule has 1 N–H and O–H groups in total. The maximum absolute atomic E-state index is 9.02. The molecule has 1 aliphatic carbocycles. The minimum atomic E-state index is -0.385. The van der Waals surface area contributed by atoms with E-state index in [4.69, 9.17) is 10.4 Å². The summed E-state index contributed by atoms with van der Waals surface area (Å²) in [4.78, 5) is 0. The SMILES string of the molecule is CC1(CO)C=CC=CC1C#N. The van der Waals surface area contributed by atoms with Gasteiger partial charge < -0.3 is 5.11 Å². The largest absolute Gasteiger partial charge is 0.395 e. The summed E-state index contributed by atoms with van der Waals surface area (Å²) >= 11 is 0. The number of hydrogen-bond acceptors (Lipinski definition) is 2. The van der Waals surface area contributed by atoms with E-state index in [2.05, 4.69) is 6.07 Å². The van der Waals surface area contributed by atoms with Crippen molar-refractivity contribution in [3.8, 4) is 6.07 Å². The first kappa shape index (κ1) is 8.03. The van der Waals surface area contributed by atoms with Gasteiger partial charge in [-0.15, -0.1) is 0 Å². The molecule has 1 rings (SSSR count). The molecule has 2 unspecified atom stereocenters. The van der Waals surface area contributed by atoms with Crippen molar-refractivity contribution in [2.45, 2.75) is 6.92 Å². The molecule has 0 aromatic heterocycles. The highest BCUT2D eigenvalue weighted by Gasteiger charge is 2.30. The van der Waals surface area contributed by atoms with E-state index in [1.165, 1.54) is 0 Å². The number of hydrogen-bond donors (Lipinski definition) is 1. The Balaban J connectivity index is 2.88. The Labute approximate surface area is 66.5 Å². The van der Waals surface area contributed by atoms with Gasteiger partial charge in [-0.2, -0.15) is 5.26 Å². The van der Waals surface area contributed by atoms with Gasteiger partial charge in [0.15, 0.2) is 0 Å². The van der Waals surface area contributed by atoms with Crippen LogP contribution >= 0.6 is 0 Å². The average molecular weight is 149 g/mol. The molecular weight excluding hydrogens is 138 g/mol. The van der Waals surface area contributed by atoms with E-state index in [-0.39, 0.29) is 17.9 Å². The van der Waals surface area contributed by atoms with Crippen molar-refractivity contribution in [2.75, 3.05) is 6.61 Å². The minimum absolute atomic E-state index is 0.0199.